The standard InChI is InChI=1S/C29H34ClN7O4S/c1-19(2)40-27-26(22-10-7-6-9-20(22)3)32-29(34-42(38,39)21-17-31-36(5)18-21)33-28(27)41-24-12-8-11-23(25(24)30)37-15-13-35(4)14-16-37/h6-12,17-19H,13-16H2,1-5H3,(H,32,33,34). The van der Waals surface area contributed by atoms with Gasteiger partial charge >= 0.3 is 0 Å². The van der Waals surface area contributed by atoms with Crippen molar-refractivity contribution in [3.63, 3.8) is 0 Å². The van der Waals surface area contributed by atoms with Gasteiger partial charge in [0, 0.05) is 45.0 Å². The van der Waals surface area contributed by atoms with Crippen LogP contribution in [0, 0.1) is 6.92 Å². The summed E-state index contributed by atoms with van der Waals surface area (Å²) in [6.45, 7) is 9.18. The van der Waals surface area contributed by atoms with Crippen molar-refractivity contribution in [2.45, 2.75) is 31.8 Å². The lowest BCUT2D eigenvalue weighted by molar-refractivity contribution is 0.231. The minimum atomic E-state index is -4.05. The molecule has 2 aromatic heterocycles. The molecule has 1 saturated heterocycles. The minimum absolute atomic E-state index is 0.0262. The Labute approximate surface area is 251 Å². The Bertz CT molecular complexity index is 1690. The number of rotatable bonds is 9. The van der Waals surface area contributed by atoms with Crippen LogP contribution in [-0.2, 0) is 17.1 Å². The Morgan fingerprint density at radius 1 is 1.00 bits per heavy atom. The molecule has 42 heavy (non-hydrogen) atoms. The van der Waals surface area contributed by atoms with Gasteiger partial charge in [-0.05, 0) is 45.5 Å². The lowest BCUT2D eigenvalue weighted by atomic mass is 10.0. The van der Waals surface area contributed by atoms with Gasteiger partial charge in [-0.3, -0.25) is 4.68 Å². The zero-order chi connectivity index (χ0) is 30.0. The topological polar surface area (TPSA) is 115 Å². The summed E-state index contributed by atoms with van der Waals surface area (Å²) in [5.41, 5.74) is 2.87. The van der Waals surface area contributed by atoms with E-state index in [1.165, 1.54) is 17.1 Å². The molecule has 0 unspecified atom stereocenters. The second-order valence-electron chi connectivity index (χ2n) is 10.4. The number of sulfonamides is 1. The monoisotopic (exact) mass is 611 g/mol. The van der Waals surface area contributed by atoms with Gasteiger partial charge in [-0.1, -0.05) is 41.9 Å². The smallest absolute Gasteiger partial charge is 0.268 e. The number of aryl methyl sites for hydroxylation is 2. The fourth-order valence-corrected chi connectivity index (χ4v) is 5.81. The maximum absolute atomic E-state index is 13.2. The Morgan fingerprint density at radius 3 is 2.40 bits per heavy atom. The second-order valence-corrected chi connectivity index (χ2v) is 12.5. The molecule has 0 radical (unpaired) electrons. The highest BCUT2D eigenvalue weighted by Crippen LogP contribution is 2.43. The van der Waals surface area contributed by atoms with Crippen LogP contribution in [-0.4, -0.2) is 72.4 Å². The number of piperazine rings is 1. The number of hydrogen-bond acceptors (Lipinski definition) is 9. The Balaban J connectivity index is 1.63. The third-order valence-electron chi connectivity index (χ3n) is 6.80. The van der Waals surface area contributed by atoms with E-state index in [9.17, 15) is 8.42 Å². The number of anilines is 2. The molecule has 0 aliphatic carbocycles. The zero-order valence-corrected chi connectivity index (χ0v) is 25.8. The summed E-state index contributed by atoms with van der Waals surface area (Å²) in [4.78, 5) is 13.6. The number of halogens is 1. The number of nitrogens with zero attached hydrogens (tertiary/aromatic N) is 6. The fraction of sp³-hybridized carbons (Fsp3) is 0.345. The lowest BCUT2D eigenvalue weighted by Gasteiger charge is -2.34. The number of hydrogen-bond donors (Lipinski definition) is 1. The van der Waals surface area contributed by atoms with Crippen molar-refractivity contribution in [1.82, 2.24) is 24.6 Å². The number of benzene rings is 2. The van der Waals surface area contributed by atoms with Crippen LogP contribution in [0.2, 0.25) is 5.02 Å². The highest BCUT2D eigenvalue weighted by molar-refractivity contribution is 7.92. The van der Waals surface area contributed by atoms with E-state index in [2.05, 4.69) is 36.6 Å². The van der Waals surface area contributed by atoms with Gasteiger partial charge in [-0.2, -0.15) is 10.1 Å². The molecule has 1 fully saturated rings. The van der Waals surface area contributed by atoms with Crippen LogP contribution >= 0.6 is 11.6 Å². The zero-order valence-electron chi connectivity index (χ0n) is 24.2. The largest absolute Gasteiger partial charge is 0.484 e. The van der Waals surface area contributed by atoms with E-state index in [0.717, 1.165) is 43.0 Å². The average Bonchev–Trinajstić information content (AvgIpc) is 3.39. The van der Waals surface area contributed by atoms with Gasteiger partial charge in [0.2, 0.25) is 11.7 Å². The lowest BCUT2D eigenvalue weighted by Crippen LogP contribution is -2.44. The molecule has 4 aromatic rings. The predicted molar refractivity (Wildman–Crippen MR) is 163 cm³/mol. The quantitative estimate of drug-likeness (QED) is 0.280. The second kappa shape index (κ2) is 12.2. The van der Waals surface area contributed by atoms with Gasteiger partial charge in [-0.25, -0.2) is 18.1 Å². The minimum Gasteiger partial charge on any atom is -0.484 e. The van der Waals surface area contributed by atoms with Gasteiger partial charge in [0.05, 0.1) is 18.0 Å². The highest BCUT2D eigenvalue weighted by atomic mass is 35.5. The van der Waals surface area contributed by atoms with Crippen molar-refractivity contribution in [1.29, 1.82) is 0 Å². The van der Waals surface area contributed by atoms with Crippen LogP contribution in [0.25, 0.3) is 11.3 Å². The summed E-state index contributed by atoms with van der Waals surface area (Å²) in [6.07, 6.45) is 2.38. The maximum atomic E-state index is 13.2. The van der Waals surface area contributed by atoms with Crippen LogP contribution in [0.5, 0.6) is 17.4 Å². The molecule has 0 amide bonds. The first-order valence-corrected chi connectivity index (χ1v) is 15.4. The van der Waals surface area contributed by atoms with E-state index in [0.29, 0.717) is 16.5 Å². The molecule has 1 aliphatic rings. The Morgan fingerprint density at radius 2 is 1.74 bits per heavy atom. The molecular weight excluding hydrogens is 578 g/mol. The molecule has 11 nitrogen and oxygen atoms in total. The van der Waals surface area contributed by atoms with Crippen LogP contribution in [0.15, 0.2) is 59.8 Å². The normalized spacial score (nSPS) is 14.3. The first kappa shape index (κ1) is 29.6. The van der Waals surface area contributed by atoms with Crippen molar-refractivity contribution in [2.24, 2.45) is 7.05 Å². The van der Waals surface area contributed by atoms with E-state index in [-0.39, 0.29) is 28.6 Å². The number of likely N-dealkylation sites (N-methyl/N-ethyl adjacent to an activating group) is 1. The van der Waals surface area contributed by atoms with E-state index in [1.54, 1.807) is 13.1 Å². The van der Waals surface area contributed by atoms with Crippen molar-refractivity contribution in [3.05, 3.63) is 65.4 Å². The number of aromatic nitrogens is 4. The summed E-state index contributed by atoms with van der Waals surface area (Å²) < 4.78 is 42.9. The van der Waals surface area contributed by atoms with Crippen molar-refractivity contribution in [3.8, 4) is 28.6 Å². The molecule has 2 aromatic carbocycles. The van der Waals surface area contributed by atoms with Crippen LogP contribution < -0.4 is 19.1 Å². The third-order valence-corrected chi connectivity index (χ3v) is 8.46. The Kier molecular flexibility index (Phi) is 8.58. The first-order chi connectivity index (χ1) is 20.0. The Hall–Kier alpha value is -3.87. The number of ether oxygens (including phenoxy) is 2. The summed E-state index contributed by atoms with van der Waals surface area (Å²) >= 11 is 6.91. The molecule has 3 heterocycles. The first-order valence-electron chi connectivity index (χ1n) is 13.6. The molecule has 5 rings (SSSR count). The third kappa shape index (κ3) is 6.45. The van der Waals surface area contributed by atoms with Crippen LogP contribution in [0.3, 0.4) is 0 Å². The molecule has 0 spiro atoms. The SMILES string of the molecule is Cc1ccccc1-c1nc(NS(=O)(=O)c2cnn(C)c2)nc(Oc2cccc(N3CCN(C)CC3)c2Cl)c1OC(C)C. The molecule has 1 N–H and O–H groups in total. The molecule has 0 bridgehead atoms. The molecular formula is C29H34ClN7O4S. The number of nitrogens with one attached hydrogen (secondary N) is 1. The molecule has 13 heteroatoms. The van der Waals surface area contributed by atoms with E-state index in [4.69, 9.17) is 21.1 Å². The summed E-state index contributed by atoms with van der Waals surface area (Å²) in [5, 5.41) is 4.40. The van der Waals surface area contributed by atoms with Crippen molar-refractivity contribution in [2.75, 3.05) is 42.8 Å². The van der Waals surface area contributed by atoms with E-state index >= 15 is 0 Å². The highest BCUT2D eigenvalue weighted by Gasteiger charge is 2.26. The van der Waals surface area contributed by atoms with Gasteiger partial charge in [0.15, 0.2) is 0 Å². The molecule has 1 aliphatic heterocycles. The van der Waals surface area contributed by atoms with E-state index in [1.807, 2.05) is 57.2 Å². The molecule has 0 saturated carbocycles. The molecule has 222 valence electrons. The molecule has 0 atom stereocenters. The predicted octanol–water partition coefficient (Wildman–Crippen LogP) is 4.97. The van der Waals surface area contributed by atoms with Crippen LogP contribution in [0.4, 0.5) is 11.6 Å². The fourth-order valence-electron chi connectivity index (χ4n) is 4.60. The maximum Gasteiger partial charge on any atom is 0.268 e. The summed E-state index contributed by atoms with van der Waals surface area (Å²) in [5.74, 6) is 0.467. The average molecular weight is 612 g/mol. The summed E-state index contributed by atoms with van der Waals surface area (Å²) in [6, 6.07) is 13.2. The van der Waals surface area contributed by atoms with Crippen LogP contribution in [0.1, 0.15) is 19.4 Å². The van der Waals surface area contributed by atoms with Gasteiger partial charge in [0.25, 0.3) is 15.9 Å². The van der Waals surface area contributed by atoms with E-state index < -0.39 is 10.0 Å². The van der Waals surface area contributed by atoms with Crippen molar-refractivity contribution >= 4 is 33.3 Å². The summed E-state index contributed by atoms with van der Waals surface area (Å²) in [7, 11) is -0.324. The van der Waals surface area contributed by atoms with Gasteiger partial charge < -0.3 is 19.3 Å². The van der Waals surface area contributed by atoms with Gasteiger partial charge in [-0.15, -0.1) is 0 Å². The van der Waals surface area contributed by atoms with Crippen molar-refractivity contribution < 1.29 is 17.9 Å². The van der Waals surface area contributed by atoms with Gasteiger partial charge in [0.1, 0.15) is 21.4 Å².